The number of fused-ring (bicyclic) bond motifs is 1. The van der Waals surface area contributed by atoms with Crippen LogP contribution in [-0.4, -0.2) is 27.8 Å². The summed E-state index contributed by atoms with van der Waals surface area (Å²) in [6, 6.07) is 3.95. The largest absolute Gasteiger partial charge is 0.381 e. The molecule has 2 aromatic rings. The molecule has 0 bridgehead atoms. The number of pyridine rings is 1. The summed E-state index contributed by atoms with van der Waals surface area (Å²) in [6.07, 6.45) is 5.23. The maximum Gasteiger partial charge on any atom is 0.155 e. The third-order valence-electron chi connectivity index (χ3n) is 3.06. The van der Waals surface area contributed by atoms with E-state index in [1.54, 1.807) is 0 Å². The van der Waals surface area contributed by atoms with E-state index in [4.69, 9.17) is 4.74 Å². The van der Waals surface area contributed by atoms with Gasteiger partial charge in [-0.1, -0.05) is 0 Å². The molecule has 17 heavy (non-hydrogen) atoms. The lowest BCUT2D eigenvalue weighted by atomic mass is 9.98. The van der Waals surface area contributed by atoms with Gasteiger partial charge in [0.15, 0.2) is 11.5 Å². The molecule has 0 saturated carbocycles. The molecule has 1 saturated heterocycles. The Morgan fingerprint density at radius 1 is 1.47 bits per heavy atom. The van der Waals surface area contributed by atoms with Crippen LogP contribution in [0, 0.1) is 5.92 Å². The predicted octanol–water partition coefficient (Wildman–Crippen LogP) is 2.46. The lowest BCUT2D eigenvalue weighted by Crippen LogP contribution is -2.19. The average Bonchev–Trinajstić information content (AvgIpc) is 2.71. The van der Waals surface area contributed by atoms with Gasteiger partial charge in [0, 0.05) is 30.3 Å². The van der Waals surface area contributed by atoms with Crippen LogP contribution in [0.2, 0.25) is 0 Å². The molecular formula is C12H14BrN3O. The second kappa shape index (κ2) is 4.74. The summed E-state index contributed by atoms with van der Waals surface area (Å²) in [7, 11) is 0. The predicted molar refractivity (Wildman–Crippen MR) is 67.9 cm³/mol. The van der Waals surface area contributed by atoms with E-state index in [1.165, 1.54) is 6.42 Å². The zero-order valence-electron chi connectivity index (χ0n) is 9.47. The fourth-order valence-corrected chi connectivity index (χ4v) is 2.54. The van der Waals surface area contributed by atoms with Crippen molar-refractivity contribution in [2.75, 3.05) is 13.2 Å². The first-order valence-electron chi connectivity index (χ1n) is 5.90. The van der Waals surface area contributed by atoms with Gasteiger partial charge >= 0.3 is 0 Å². The van der Waals surface area contributed by atoms with Crippen molar-refractivity contribution < 1.29 is 4.74 Å². The highest BCUT2D eigenvalue weighted by Crippen LogP contribution is 2.18. The van der Waals surface area contributed by atoms with Crippen molar-refractivity contribution in [1.82, 2.24) is 14.6 Å². The first kappa shape index (κ1) is 11.2. The van der Waals surface area contributed by atoms with Crippen LogP contribution in [0.5, 0.6) is 0 Å². The summed E-state index contributed by atoms with van der Waals surface area (Å²) in [4.78, 5) is 4.52. The summed E-state index contributed by atoms with van der Waals surface area (Å²) in [5, 5.41) is 4.49. The highest BCUT2D eigenvalue weighted by Gasteiger charge is 2.16. The minimum absolute atomic E-state index is 0.574. The van der Waals surface area contributed by atoms with E-state index in [2.05, 4.69) is 26.0 Å². The lowest BCUT2D eigenvalue weighted by molar-refractivity contribution is 0.0543. The van der Waals surface area contributed by atoms with Gasteiger partial charge in [0.25, 0.3) is 0 Å². The van der Waals surface area contributed by atoms with Gasteiger partial charge in [0.2, 0.25) is 0 Å². The molecule has 0 aliphatic carbocycles. The van der Waals surface area contributed by atoms with Crippen molar-refractivity contribution in [3.05, 3.63) is 28.6 Å². The second-order valence-corrected chi connectivity index (χ2v) is 5.38. The number of hydrogen-bond donors (Lipinski definition) is 0. The zero-order chi connectivity index (χ0) is 11.7. The lowest BCUT2D eigenvalue weighted by Gasteiger charge is -2.20. The summed E-state index contributed by atoms with van der Waals surface area (Å²) >= 11 is 3.43. The second-order valence-electron chi connectivity index (χ2n) is 4.47. The minimum atomic E-state index is 0.574. The first-order valence-corrected chi connectivity index (χ1v) is 6.69. The molecule has 0 amide bonds. The number of nitrogens with zero attached hydrogens (tertiary/aromatic N) is 3. The summed E-state index contributed by atoms with van der Waals surface area (Å²) < 4.78 is 8.32. The van der Waals surface area contributed by atoms with E-state index in [1.807, 2.05) is 22.8 Å². The molecule has 2 aromatic heterocycles. The zero-order valence-corrected chi connectivity index (χ0v) is 11.1. The van der Waals surface area contributed by atoms with Crippen molar-refractivity contribution in [2.24, 2.45) is 5.92 Å². The van der Waals surface area contributed by atoms with Crippen molar-refractivity contribution >= 4 is 21.6 Å². The van der Waals surface area contributed by atoms with Crippen molar-refractivity contribution in [3.8, 4) is 0 Å². The van der Waals surface area contributed by atoms with E-state index in [0.717, 1.165) is 42.0 Å². The van der Waals surface area contributed by atoms with Gasteiger partial charge < -0.3 is 4.74 Å². The van der Waals surface area contributed by atoms with E-state index < -0.39 is 0 Å². The Labute approximate surface area is 108 Å². The van der Waals surface area contributed by atoms with Gasteiger partial charge in [0.05, 0.1) is 0 Å². The molecule has 1 atom stereocenters. The SMILES string of the molecule is Brc1ccc2nc(CC3CCCOC3)nn2c1. The smallest absolute Gasteiger partial charge is 0.155 e. The van der Waals surface area contributed by atoms with Crippen LogP contribution in [-0.2, 0) is 11.2 Å². The molecular weight excluding hydrogens is 282 g/mol. The van der Waals surface area contributed by atoms with Gasteiger partial charge in [-0.2, -0.15) is 5.10 Å². The van der Waals surface area contributed by atoms with E-state index in [9.17, 15) is 0 Å². The van der Waals surface area contributed by atoms with Gasteiger partial charge in [0.1, 0.15) is 0 Å². The molecule has 4 nitrogen and oxygen atoms in total. The number of aromatic nitrogens is 3. The number of hydrogen-bond acceptors (Lipinski definition) is 3. The fraction of sp³-hybridized carbons (Fsp3) is 0.500. The van der Waals surface area contributed by atoms with Gasteiger partial charge in [-0.05, 0) is 46.8 Å². The van der Waals surface area contributed by atoms with Crippen LogP contribution in [0.3, 0.4) is 0 Å². The maximum atomic E-state index is 5.48. The standard InChI is InChI=1S/C12H14BrN3O/c13-10-3-4-12-14-11(15-16(12)7-10)6-9-2-1-5-17-8-9/h3-4,7,9H,1-2,5-6,8H2. The van der Waals surface area contributed by atoms with E-state index in [0.29, 0.717) is 5.92 Å². The molecule has 0 radical (unpaired) electrons. The van der Waals surface area contributed by atoms with Crippen LogP contribution in [0.1, 0.15) is 18.7 Å². The highest BCUT2D eigenvalue weighted by molar-refractivity contribution is 9.10. The molecule has 3 rings (SSSR count). The molecule has 1 fully saturated rings. The molecule has 1 aliphatic rings. The fourth-order valence-electron chi connectivity index (χ4n) is 2.22. The summed E-state index contributed by atoms with van der Waals surface area (Å²) in [5.74, 6) is 1.49. The third kappa shape index (κ3) is 2.50. The van der Waals surface area contributed by atoms with Gasteiger partial charge in [-0.25, -0.2) is 9.50 Å². The molecule has 1 aliphatic heterocycles. The molecule has 0 aromatic carbocycles. The Balaban J connectivity index is 1.80. The van der Waals surface area contributed by atoms with E-state index >= 15 is 0 Å². The molecule has 0 N–H and O–H groups in total. The van der Waals surface area contributed by atoms with Crippen LogP contribution in [0.25, 0.3) is 5.65 Å². The molecule has 5 heteroatoms. The Bertz CT molecular complexity index is 519. The Hall–Kier alpha value is -0.940. The van der Waals surface area contributed by atoms with Crippen LogP contribution in [0.15, 0.2) is 22.8 Å². The Morgan fingerprint density at radius 3 is 3.24 bits per heavy atom. The van der Waals surface area contributed by atoms with Crippen molar-refractivity contribution in [3.63, 3.8) is 0 Å². The Kier molecular flexibility index (Phi) is 3.11. The number of halogens is 1. The monoisotopic (exact) mass is 295 g/mol. The van der Waals surface area contributed by atoms with Gasteiger partial charge in [-0.3, -0.25) is 0 Å². The molecule has 1 unspecified atom stereocenters. The normalized spacial score (nSPS) is 20.9. The molecule has 90 valence electrons. The van der Waals surface area contributed by atoms with Crippen molar-refractivity contribution in [1.29, 1.82) is 0 Å². The van der Waals surface area contributed by atoms with Crippen LogP contribution >= 0.6 is 15.9 Å². The maximum absolute atomic E-state index is 5.48. The molecule has 3 heterocycles. The molecule has 0 spiro atoms. The third-order valence-corrected chi connectivity index (χ3v) is 3.53. The van der Waals surface area contributed by atoms with Crippen LogP contribution in [0.4, 0.5) is 0 Å². The quantitative estimate of drug-likeness (QED) is 0.854. The van der Waals surface area contributed by atoms with Gasteiger partial charge in [-0.15, -0.1) is 0 Å². The highest BCUT2D eigenvalue weighted by atomic mass is 79.9. The summed E-state index contributed by atoms with van der Waals surface area (Å²) in [6.45, 7) is 1.75. The first-order chi connectivity index (χ1) is 8.31. The number of rotatable bonds is 2. The van der Waals surface area contributed by atoms with Crippen LogP contribution < -0.4 is 0 Å². The average molecular weight is 296 g/mol. The summed E-state index contributed by atoms with van der Waals surface area (Å²) in [5.41, 5.74) is 0.903. The number of ether oxygens (including phenoxy) is 1. The Morgan fingerprint density at radius 2 is 2.41 bits per heavy atom. The van der Waals surface area contributed by atoms with E-state index in [-0.39, 0.29) is 0 Å². The van der Waals surface area contributed by atoms with Crippen molar-refractivity contribution in [2.45, 2.75) is 19.3 Å². The minimum Gasteiger partial charge on any atom is -0.381 e. The topological polar surface area (TPSA) is 39.4 Å².